The predicted molar refractivity (Wildman–Crippen MR) is 95.8 cm³/mol. The lowest BCUT2D eigenvalue weighted by Gasteiger charge is -2.24. The Balaban J connectivity index is 1.58. The van der Waals surface area contributed by atoms with E-state index >= 15 is 0 Å². The number of nitrogens with zero attached hydrogens (tertiary/aromatic N) is 2. The summed E-state index contributed by atoms with van der Waals surface area (Å²) >= 11 is 0. The molecule has 1 aromatic carbocycles. The standard InChI is InChI=1S/C20H20N2O4/c23-18-8-4-7-16-15(18)9-10-19(21-16)22-12-14(11-17(22)20(24)25)26-13-5-2-1-3-6-13/h1-3,5-6,9-10,14,17H,4,7-8,11-12H2,(H,24,25)/t14-,17-/m0/s1. The van der Waals surface area contributed by atoms with Crippen LogP contribution in [0.2, 0.25) is 0 Å². The van der Waals surface area contributed by atoms with Gasteiger partial charge in [-0.15, -0.1) is 0 Å². The van der Waals surface area contributed by atoms with Crippen molar-refractivity contribution in [3.8, 4) is 5.75 Å². The SMILES string of the molecule is O=C1CCCc2nc(N3C[C@@H](Oc4ccccc4)C[C@H]3C(=O)O)ccc21. The highest BCUT2D eigenvalue weighted by atomic mass is 16.5. The van der Waals surface area contributed by atoms with Gasteiger partial charge in [0.25, 0.3) is 0 Å². The van der Waals surface area contributed by atoms with Gasteiger partial charge in [0.15, 0.2) is 5.78 Å². The van der Waals surface area contributed by atoms with Crippen LogP contribution in [0.3, 0.4) is 0 Å². The summed E-state index contributed by atoms with van der Waals surface area (Å²) in [6.45, 7) is 0.450. The third kappa shape index (κ3) is 3.14. The van der Waals surface area contributed by atoms with Gasteiger partial charge < -0.3 is 14.7 Å². The molecule has 6 nitrogen and oxygen atoms in total. The topological polar surface area (TPSA) is 79.7 Å². The first kappa shape index (κ1) is 16.6. The molecule has 1 saturated heterocycles. The van der Waals surface area contributed by atoms with Crippen molar-refractivity contribution in [2.75, 3.05) is 11.4 Å². The van der Waals surface area contributed by atoms with Crippen LogP contribution in [0.15, 0.2) is 42.5 Å². The molecule has 2 atom stereocenters. The summed E-state index contributed by atoms with van der Waals surface area (Å²) in [5, 5.41) is 9.63. The van der Waals surface area contributed by atoms with Gasteiger partial charge in [0.2, 0.25) is 0 Å². The second-order valence-corrected chi connectivity index (χ2v) is 6.74. The number of Topliss-reactive ketones (excluding diaryl/α,β-unsaturated/α-hetero) is 1. The Morgan fingerprint density at radius 1 is 1.15 bits per heavy atom. The Morgan fingerprint density at radius 2 is 1.96 bits per heavy atom. The number of para-hydroxylation sites is 1. The Labute approximate surface area is 151 Å². The number of carboxylic acid groups (broad SMARTS) is 1. The number of carbonyl (C=O) groups excluding carboxylic acids is 1. The minimum Gasteiger partial charge on any atom is -0.488 e. The number of aromatic nitrogens is 1. The van der Waals surface area contributed by atoms with E-state index < -0.39 is 12.0 Å². The molecule has 0 amide bonds. The van der Waals surface area contributed by atoms with Gasteiger partial charge >= 0.3 is 5.97 Å². The number of carbonyl (C=O) groups is 2. The van der Waals surface area contributed by atoms with Gasteiger partial charge in [-0.3, -0.25) is 4.79 Å². The molecule has 0 saturated carbocycles. The van der Waals surface area contributed by atoms with Crippen LogP contribution in [0.25, 0.3) is 0 Å². The predicted octanol–water partition coefficient (Wildman–Crippen LogP) is 2.71. The number of aliphatic carboxylic acids is 1. The Morgan fingerprint density at radius 3 is 2.73 bits per heavy atom. The van der Waals surface area contributed by atoms with Crippen LogP contribution < -0.4 is 9.64 Å². The number of ether oxygens (including phenoxy) is 1. The molecule has 4 rings (SSSR count). The quantitative estimate of drug-likeness (QED) is 0.911. The van der Waals surface area contributed by atoms with E-state index in [1.54, 1.807) is 17.0 Å². The fourth-order valence-corrected chi connectivity index (χ4v) is 3.71. The van der Waals surface area contributed by atoms with E-state index in [-0.39, 0.29) is 11.9 Å². The molecule has 134 valence electrons. The summed E-state index contributed by atoms with van der Waals surface area (Å²) in [5.41, 5.74) is 1.44. The van der Waals surface area contributed by atoms with E-state index in [9.17, 15) is 14.7 Å². The molecule has 1 aliphatic carbocycles. The number of hydrogen-bond acceptors (Lipinski definition) is 5. The molecule has 1 fully saturated rings. The molecule has 2 aromatic rings. The second-order valence-electron chi connectivity index (χ2n) is 6.74. The second kappa shape index (κ2) is 6.78. The first-order chi connectivity index (χ1) is 12.6. The fourth-order valence-electron chi connectivity index (χ4n) is 3.71. The minimum absolute atomic E-state index is 0.117. The third-order valence-corrected chi connectivity index (χ3v) is 4.97. The average molecular weight is 352 g/mol. The van der Waals surface area contributed by atoms with Gasteiger partial charge in [-0.1, -0.05) is 18.2 Å². The van der Waals surface area contributed by atoms with Crippen LogP contribution in [-0.2, 0) is 11.2 Å². The normalized spacial score (nSPS) is 22.2. The number of benzene rings is 1. The van der Waals surface area contributed by atoms with E-state index in [0.29, 0.717) is 30.8 Å². The zero-order valence-corrected chi connectivity index (χ0v) is 14.3. The number of hydrogen-bond donors (Lipinski definition) is 1. The fraction of sp³-hybridized carbons (Fsp3) is 0.350. The van der Waals surface area contributed by atoms with Crippen molar-refractivity contribution in [2.45, 2.75) is 37.8 Å². The van der Waals surface area contributed by atoms with Gasteiger partial charge in [-0.2, -0.15) is 0 Å². The highest BCUT2D eigenvalue weighted by Gasteiger charge is 2.39. The van der Waals surface area contributed by atoms with Gasteiger partial charge in [0, 0.05) is 18.4 Å². The van der Waals surface area contributed by atoms with Gasteiger partial charge in [0.1, 0.15) is 23.7 Å². The van der Waals surface area contributed by atoms with Crippen molar-refractivity contribution in [1.82, 2.24) is 4.98 Å². The Bertz CT molecular complexity index is 837. The maximum Gasteiger partial charge on any atom is 0.326 e. The lowest BCUT2D eigenvalue weighted by molar-refractivity contribution is -0.138. The lowest BCUT2D eigenvalue weighted by atomic mass is 9.95. The number of fused-ring (bicyclic) bond motifs is 1. The van der Waals surface area contributed by atoms with Crippen LogP contribution in [0, 0.1) is 0 Å². The third-order valence-electron chi connectivity index (χ3n) is 4.97. The van der Waals surface area contributed by atoms with E-state index in [2.05, 4.69) is 4.98 Å². The molecule has 0 unspecified atom stereocenters. The van der Waals surface area contributed by atoms with E-state index in [1.807, 2.05) is 30.3 Å². The summed E-state index contributed by atoms with van der Waals surface area (Å²) in [6, 6.07) is 12.3. The number of pyridine rings is 1. The van der Waals surface area contributed by atoms with Gasteiger partial charge in [0.05, 0.1) is 12.2 Å². The molecule has 2 heterocycles. The zero-order chi connectivity index (χ0) is 18.1. The average Bonchev–Trinajstić information content (AvgIpc) is 3.07. The maximum atomic E-state index is 12.0. The molecule has 26 heavy (non-hydrogen) atoms. The van der Waals surface area contributed by atoms with Crippen molar-refractivity contribution < 1.29 is 19.4 Å². The number of carboxylic acids is 1. The first-order valence-corrected chi connectivity index (χ1v) is 8.86. The Kier molecular flexibility index (Phi) is 4.32. The molecular formula is C20H20N2O4. The van der Waals surface area contributed by atoms with Crippen LogP contribution >= 0.6 is 0 Å². The van der Waals surface area contributed by atoms with Crippen molar-refractivity contribution in [3.63, 3.8) is 0 Å². The molecule has 0 bridgehead atoms. The zero-order valence-electron chi connectivity index (χ0n) is 14.3. The van der Waals surface area contributed by atoms with Crippen LogP contribution in [-0.4, -0.2) is 40.5 Å². The van der Waals surface area contributed by atoms with Crippen LogP contribution in [0.1, 0.15) is 35.3 Å². The number of anilines is 1. The summed E-state index contributed by atoms with van der Waals surface area (Å²) in [6.07, 6.45) is 2.28. The van der Waals surface area contributed by atoms with Crippen LogP contribution in [0.5, 0.6) is 5.75 Å². The minimum atomic E-state index is -0.889. The van der Waals surface area contributed by atoms with Crippen LogP contribution in [0.4, 0.5) is 5.82 Å². The van der Waals surface area contributed by atoms with Crippen molar-refractivity contribution in [2.24, 2.45) is 0 Å². The molecule has 1 aromatic heterocycles. The first-order valence-electron chi connectivity index (χ1n) is 8.86. The van der Waals surface area contributed by atoms with E-state index in [0.717, 1.165) is 24.3 Å². The smallest absolute Gasteiger partial charge is 0.326 e. The largest absolute Gasteiger partial charge is 0.488 e. The highest BCUT2D eigenvalue weighted by molar-refractivity contribution is 5.98. The van der Waals surface area contributed by atoms with Gasteiger partial charge in [-0.25, -0.2) is 9.78 Å². The monoisotopic (exact) mass is 352 g/mol. The number of aryl methyl sites for hydroxylation is 1. The molecular weight excluding hydrogens is 332 g/mol. The summed E-state index contributed by atoms with van der Waals surface area (Å²) in [7, 11) is 0. The van der Waals surface area contributed by atoms with Crippen molar-refractivity contribution in [1.29, 1.82) is 0 Å². The summed E-state index contributed by atoms with van der Waals surface area (Å²) < 4.78 is 5.95. The van der Waals surface area contributed by atoms with Crippen molar-refractivity contribution in [3.05, 3.63) is 53.7 Å². The Hall–Kier alpha value is -2.89. The molecule has 1 aliphatic heterocycles. The molecule has 6 heteroatoms. The summed E-state index contributed by atoms with van der Waals surface area (Å²) in [5.74, 6) is 0.559. The maximum absolute atomic E-state index is 12.0. The molecule has 1 N–H and O–H groups in total. The summed E-state index contributed by atoms with van der Waals surface area (Å²) in [4.78, 5) is 30.1. The highest BCUT2D eigenvalue weighted by Crippen LogP contribution is 2.30. The van der Waals surface area contributed by atoms with E-state index in [1.165, 1.54) is 0 Å². The number of ketones is 1. The van der Waals surface area contributed by atoms with E-state index in [4.69, 9.17) is 4.74 Å². The molecule has 0 spiro atoms. The number of rotatable bonds is 4. The van der Waals surface area contributed by atoms with Gasteiger partial charge in [-0.05, 0) is 37.1 Å². The molecule has 0 radical (unpaired) electrons. The van der Waals surface area contributed by atoms with Crippen molar-refractivity contribution >= 4 is 17.6 Å². The lowest BCUT2D eigenvalue weighted by Crippen LogP contribution is -2.37. The molecule has 2 aliphatic rings.